The summed E-state index contributed by atoms with van der Waals surface area (Å²) in [5, 5.41) is 3.10. The van der Waals surface area contributed by atoms with E-state index in [1.54, 1.807) is 18.5 Å². The first-order valence-electron chi connectivity index (χ1n) is 7.75. The van der Waals surface area contributed by atoms with Crippen molar-refractivity contribution in [1.82, 2.24) is 10.3 Å². The molecule has 1 saturated carbocycles. The minimum atomic E-state index is -0.0830. The van der Waals surface area contributed by atoms with Crippen LogP contribution in [0.3, 0.4) is 0 Å². The molecule has 5 nitrogen and oxygen atoms in total. The molecule has 4 N–H and O–H groups in total. The fourth-order valence-electron chi connectivity index (χ4n) is 3.51. The Morgan fingerprint density at radius 1 is 1.43 bits per heavy atom. The molecule has 1 aliphatic rings. The predicted molar refractivity (Wildman–Crippen MR) is 84.7 cm³/mol. The first-order valence-corrected chi connectivity index (χ1v) is 7.75. The van der Waals surface area contributed by atoms with Gasteiger partial charge in [0.05, 0.1) is 17.4 Å². The van der Waals surface area contributed by atoms with Crippen LogP contribution in [0.1, 0.15) is 56.3 Å². The normalized spacial score (nSPS) is 17.0. The van der Waals surface area contributed by atoms with Crippen LogP contribution >= 0.6 is 0 Å². The molecule has 1 heterocycles. The third-order valence-corrected chi connectivity index (χ3v) is 4.35. The molecule has 1 fully saturated rings. The second kappa shape index (κ2) is 6.89. The molecule has 2 rings (SSSR count). The zero-order valence-corrected chi connectivity index (χ0v) is 13.0. The van der Waals surface area contributed by atoms with Crippen LogP contribution in [0.4, 0.5) is 5.69 Å². The number of anilines is 1. The SMILES string of the molecule is CC(C)CC1(CNC(=O)c2ccncc2NN)CCCC1. The maximum atomic E-state index is 12.4. The lowest BCUT2D eigenvalue weighted by Crippen LogP contribution is -2.37. The van der Waals surface area contributed by atoms with Crippen molar-refractivity contribution in [2.45, 2.75) is 46.0 Å². The largest absolute Gasteiger partial charge is 0.351 e. The van der Waals surface area contributed by atoms with Gasteiger partial charge >= 0.3 is 0 Å². The second-order valence-electron chi connectivity index (χ2n) is 6.55. The molecule has 0 aromatic carbocycles. The molecule has 116 valence electrons. The molecular weight excluding hydrogens is 264 g/mol. The van der Waals surface area contributed by atoms with Crippen LogP contribution in [-0.2, 0) is 0 Å². The number of nitrogens with one attached hydrogen (secondary N) is 2. The molecule has 1 aromatic heterocycles. The Balaban J connectivity index is 2.02. The number of nitrogens with two attached hydrogens (primary N) is 1. The quantitative estimate of drug-likeness (QED) is 0.556. The van der Waals surface area contributed by atoms with Crippen molar-refractivity contribution in [3.05, 3.63) is 24.0 Å². The number of rotatable bonds is 6. The molecule has 0 atom stereocenters. The topological polar surface area (TPSA) is 80.0 Å². The summed E-state index contributed by atoms with van der Waals surface area (Å²) in [4.78, 5) is 16.3. The fourth-order valence-corrected chi connectivity index (χ4v) is 3.51. The summed E-state index contributed by atoms with van der Waals surface area (Å²) in [6.07, 6.45) is 9.31. The molecule has 5 heteroatoms. The number of nitrogens with zero attached hydrogens (tertiary/aromatic N) is 1. The lowest BCUT2D eigenvalue weighted by Gasteiger charge is -2.31. The molecular formula is C16H26N4O. The number of carbonyl (C=O) groups excluding carboxylic acids is 1. The third kappa shape index (κ3) is 3.94. The van der Waals surface area contributed by atoms with Crippen LogP contribution < -0.4 is 16.6 Å². The highest BCUT2D eigenvalue weighted by atomic mass is 16.1. The smallest absolute Gasteiger partial charge is 0.253 e. The van der Waals surface area contributed by atoms with Crippen LogP contribution in [0.5, 0.6) is 0 Å². The van der Waals surface area contributed by atoms with E-state index in [2.05, 4.69) is 29.6 Å². The number of hydrogen-bond donors (Lipinski definition) is 3. The van der Waals surface area contributed by atoms with E-state index in [9.17, 15) is 4.79 Å². The first kappa shape index (κ1) is 15.8. The van der Waals surface area contributed by atoms with E-state index >= 15 is 0 Å². The number of aromatic nitrogens is 1. The summed E-state index contributed by atoms with van der Waals surface area (Å²) >= 11 is 0. The summed E-state index contributed by atoms with van der Waals surface area (Å²) in [5.41, 5.74) is 3.90. The van der Waals surface area contributed by atoms with Gasteiger partial charge in [-0.25, -0.2) is 0 Å². The van der Waals surface area contributed by atoms with Gasteiger partial charge in [0.1, 0.15) is 0 Å². The van der Waals surface area contributed by atoms with Gasteiger partial charge in [0, 0.05) is 12.7 Å². The number of amides is 1. The Morgan fingerprint density at radius 3 is 2.76 bits per heavy atom. The molecule has 0 radical (unpaired) electrons. The van der Waals surface area contributed by atoms with Crippen molar-refractivity contribution in [3.63, 3.8) is 0 Å². The summed E-state index contributed by atoms with van der Waals surface area (Å²) in [6, 6.07) is 1.69. The van der Waals surface area contributed by atoms with Gasteiger partial charge in [0.2, 0.25) is 0 Å². The predicted octanol–water partition coefficient (Wildman–Crippen LogP) is 2.70. The average Bonchev–Trinajstić information content (AvgIpc) is 2.92. The van der Waals surface area contributed by atoms with Crippen LogP contribution in [0.15, 0.2) is 18.5 Å². The highest BCUT2D eigenvalue weighted by molar-refractivity contribution is 5.99. The van der Waals surface area contributed by atoms with E-state index in [0.29, 0.717) is 17.2 Å². The summed E-state index contributed by atoms with van der Waals surface area (Å²) < 4.78 is 0. The van der Waals surface area contributed by atoms with Crippen LogP contribution in [0.2, 0.25) is 0 Å². The second-order valence-corrected chi connectivity index (χ2v) is 6.55. The summed E-state index contributed by atoms with van der Waals surface area (Å²) in [6.45, 7) is 5.25. The number of pyridine rings is 1. The highest BCUT2D eigenvalue weighted by Gasteiger charge is 2.34. The molecule has 1 aliphatic carbocycles. The monoisotopic (exact) mass is 290 g/mol. The van der Waals surface area contributed by atoms with Gasteiger partial charge in [-0.05, 0) is 36.7 Å². The molecule has 1 amide bonds. The van der Waals surface area contributed by atoms with Gasteiger partial charge in [-0.3, -0.25) is 15.6 Å². The zero-order chi connectivity index (χ0) is 15.3. The van der Waals surface area contributed by atoms with Gasteiger partial charge in [-0.1, -0.05) is 26.7 Å². The van der Waals surface area contributed by atoms with Gasteiger partial charge in [-0.2, -0.15) is 0 Å². The molecule has 21 heavy (non-hydrogen) atoms. The van der Waals surface area contributed by atoms with E-state index < -0.39 is 0 Å². The maximum Gasteiger partial charge on any atom is 0.253 e. The highest BCUT2D eigenvalue weighted by Crippen LogP contribution is 2.42. The number of hydrazine groups is 1. The van der Waals surface area contributed by atoms with Crippen molar-refractivity contribution < 1.29 is 4.79 Å². The zero-order valence-electron chi connectivity index (χ0n) is 13.0. The maximum absolute atomic E-state index is 12.4. The van der Waals surface area contributed by atoms with E-state index in [-0.39, 0.29) is 11.3 Å². The van der Waals surface area contributed by atoms with Crippen molar-refractivity contribution in [2.75, 3.05) is 12.0 Å². The Labute approximate surface area is 126 Å². The Hall–Kier alpha value is -1.62. The van der Waals surface area contributed by atoms with E-state index in [4.69, 9.17) is 5.84 Å². The van der Waals surface area contributed by atoms with Gasteiger partial charge in [0.15, 0.2) is 0 Å². The van der Waals surface area contributed by atoms with Crippen LogP contribution in [0, 0.1) is 11.3 Å². The lowest BCUT2D eigenvalue weighted by molar-refractivity contribution is 0.0922. The van der Waals surface area contributed by atoms with Crippen molar-refractivity contribution in [1.29, 1.82) is 0 Å². The Morgan fingerprint density at radius 2 is 2.14 bits per heavy atom. The molecule has 0 saturated heterocycles. The first-order chi connectivity index (χ1) is 10.1. The molecule has 0 unspecified atom stereocenters. The van der Waals surface area contributed by atoms with Crippen LogP contribution in [-0.4, -0.2) is 17.4 Å². The minimum absolute atomic E-state index is 0.0830. The van der Waals surface area contributed by atoms with Crippen molar-refractivity contribution >= 4 is 11.6 Å². The number of hydrogen-bond acceptors (Lipinski definition) is 4. The van der Waals surface area contributed by atoms with Gasteiger partial charge < -0.3 is 10.7 Å². The fraction of sp³-hybridized carbons (Fsp3) is 0.625. The van der Waals surface area contributed by atoms with Crippen molar-refractivity contribution in [3.8, 4) is 0 Å². The van der Waals surface area contributed by atoms with E-state index in [1.807, 2.05) is 0 Å². The van der Waals surface area contributed by atoms with E-state index in [0.717, 1.165) is 6.54 Å². The standard InChI is InChI=1S/C16H26N4O/c1-12(2)9-16(6-3-4-7-16)11-19-15(21)13-5-8-18-10-14(13)20-17/h5,8,10,12,20H,3-4,6-7,9,11,17H2,1-2H3,(H,19,21). The molecule has 0 bridgehead atoms. The Kier molecular flexibility index (Phi) is 5.17. The van der Waals surface area contributed by atoms with Crippen LogP contribution in [0.25, 0.3) is 0 Å². The summed E-state index contributed by atoms with van der Waals surface area (Å²) in [5.74, 6) is 6.00. The molecule has 0 aliphatic heterocycles. The lowest BCUT2D eigenvalue weighted by atomic mass is 9.78. The van der Waals surface area contributed by atoms with Gasteiger partial charge in [0.25, 0.3) is 5.91 Å². The number of carbonyl (C=O) groups is 1. The average molecular weight is 290 g/mol. The number of nitrogen functional groups attached to an aromatic ring is 1. The molecule has 0 spiro atoms. The molecule has 1 aromatic rings. The third-order valence-electron chi connectivity index (χ3n) is 4.35. The van der Waals surface area contributed by atoms with E-state index in [1.165, 1.54) is 32.1 Å². The summed E-state index contributed by atoms with van der Waals surface area (Å²) in [7, 11) is 0. The Bertz CT molecular complexity index is 481. The van der Waals surface area contributed by atoms with Gasteiger partial charge in [-0.15, -0.1) is 0 Å². The minimum Gasteiger partial charge on any atom is -0.351 e. The van der Waals surface area contributed by atoms with Crippen molar-refractivity contribution in [2.24, 2.45) is 17.2 Å².